The first-order valence-electron chi connectivity index (χ1n) is 34.6. The Labute approximate surface area is 702 Å². The van der Waals surface area contributed by atoms with Crippen LogP contribution in [0.1, 0.15) is 22.4 Å². The number of hydrogen-bond donors (Lipinski definition) is 0. The molecule has 0 N–H and O–H groups in total. The summed E-state index contributed by atoms with van der Waals surface area (Å²) in [5.74, 6) is 8.95. The molecule has 0 spiro atoms. The van der Waals surface area contributed by atoms with E-state index in [4.69, 9.17) is 26.4 Å². The minimum Gasteiger partial charge on any atom is -0.679 e. The fourth-order valence-corrected chi connectivity index (χ4v) is 11.8. The maximum absolute atomic E-state index is 5.10. The van der Waals surface area contributed by atoms with Crippen LogP contribution < -0.4 is 0 Å². The van der Waals surface area contributed by atoms with Crippen LogP contribution in [0.5, 0.6) is 0 Å². The third-order valence-corrected chi connectivity index (χ3v) is 17.0. The first-order chi connectivity index (χ1) is 54.0. The zero-order valence-corrected chi connectivity index (χ0v) is 68.5. The Balaban J connectivity index is 0.000000146. The van der Waals surface area contributed by atoms with Crippen molar-refractivity contribution in [2.75, 3.05) is 6.54 Å². The molecule has 1 aliphatic heterocycles. The van der Waals surface area contributed by atoms with E-state index in [9.17, 15) is 0 Å². The van der Waals surface area contributed by atoms with Crippen molar-refractivity contribution in [2.45, 2.75) is 0 Å². The molecule has 6 aromatic carbocycles. The van der Waals surface area contributed by atoms with E-state index in [0.717, 1.165) is 161 Å². The van der Waals surface area contributed by atoms with Crippen LogP contribution in [-0.4, -0.2) is 81.3 Å². The van der Waals surface area contributed by atoms with E-state index in [2.05, 4.69) is 93.8 Å². The monoisotopic (exact) mass is 1870 g/mol. The van der Waals surface area contributed by atoms with Crippen LogP contribution >= 0.6 is 15.9 Å². The van der Waals surface area contributed by atoms with Crippen LogP contribution in [0.3, 0.4) is 0 Å². The SMILES string of the molecule is Brc1ccc2nc3c4cccnc4c4ncccc4c3nc2c1.C#Cc1ccccc1.C(#Cc1ccc2nc3c4cccnc4c4ncccc4c3nc2c1)c1ccccc1.C1=CC[N-]C(c2ccccn2)=C1.[CH3-].[Ru+].[Ru].[W].c1ccc(-c2ccccn2)nc1.c1ccc(-c2ccccn2)nc1.c1ccc(-c2ccccn2)nc1. The number of benzene rings is 6. The van der Waals surface area contributed by atoms with Crippen LogP contribution in [0.25, 0.3) is 133 Å². The van der Waals surface area contributed by atoms with Gasteiger partial charge in [0.2, 0.25) is 0 Å². The van der Waals surface area contributed by atoms with Gasteiger partial charge in [-0.05, 0) is 194 Å². The summed E-state index contributed by atoms with van der Waals surface area (Å²) in [6.45, 7) is 0.766. The van der Waals surface area contributed by atoms with Crippen molar-refractivity contribution in [1.29, 1.82) is 0 Å². The van der Waals surface area contributed by atoms with Crippen LogP contribution in [0, 0.1) is 31.6 Å². The molecule has 20 rings (SSSR count). The van der Waals surface area contributed by atoms with E-state index in [-0.39, 0.29) is 67.4 Å². The van der Waals surface area contributed by atoms with Gasteiger partial charge in [0.15, 0.2) is 0 Å². The summed E-state index contributed by atoms with van der Waals surface area (Å²) in [6, 6.07) is 87.9. The first-order valence-corrected chi connectivity index (χ1v) is 35.4. The third-order valence-electron chi connectivity index (χ3n) is 16.5. The number of halogens is 1. The molecular formula is C93H65BrN16Ru2W-. The van der Waals surface area contributed by atoms with Crippen molar-refractivity contribution < 1.29 is 60.0 Å². The van der Waals surface area contributed by atoms with Crippen LogP contribution in [0.2, 0.25) is 0 Å². The van der Waals surface area contributed by atoms with E-state index in [0.29, 0.717) is 0 Å². The Hall–Kier alpha value is -13.0. The standard InChI is InChI=1S/C26H14N4.C18H9BrN4.C10H9N2.3C10H8N2.C8H6.CH3.2Ru.W/c1-2-6-17(7-3-1)10-11-18-12-13-21-22(16-18)30-26-20-9-5-15-28-24(20)23-19(25(26)29-21)8-4-14-27-23;19-10-5-6-13-14(9-10)23-18-12-4-2-8-21-16(12)15-11(17(18)22-13)3-1-7-20-15;4*1-3-7-11-9(5-1)10-6-2-4-8-12-10;1-2-8-6-4-3-5-7-8;;;;/h1-9,12-16H;1-9H;1-7H,8H2;3*1-8H;1,3-7H;1H3;;;/q;;-1;;;;;-1;;+1;. The van der Waals surface area contributed by atoms with Crippen LogP contribution in [0.15, 0.2) is 364 Å². The second-order valence-electron chi connectivity index (χ2n) is 23.7. The number of allylic oxidation sites excluding steroid dienone is 2. The molecule has 0 bridgehead atoms. The number of hydrogen-bond acceptors (Lipinski definition) is 15. The fraction of sp³-hybridized carbons (Fsp3) is 0.0108. The number of fused-ring (bicyclic) bond motifs is 14. The maximum atomic E-state index is 5.10. The molecular weight excluding hydrogens is 1810 g/mol. The predicted octanol–water partition coefficient (Wildman–Crippen LogP) is 20.8. The summed E-state index contributed by atoms with van der Waals surface area (Å²) >= 11 is 3.50. The largest absolute Gasteiger partial charge is 1.00 e. The number of aromatic nitrogens is 15. The number of terminal acetylenes is 1. The molecule has 547 valence electrons. The quantitative estimate of drug-likeness (QED) is 0.0528. The van der Waals surface area contributed by atoms with Gasteiger partial charge in [-0.15, -0.1) is 24.7 Å². The van der Waals surface area contributed by atoms with E-state index in [1.54, 1.807) is 68.2 Å². The van der Waals surface area contributed by atoms with Crippen molar-refractivity contribution in [2.24, 2.45) is 0 Å². The average molecular weight is 1870 g/mol. The fourth-order valence-electron chi connectivity index (χ4n) is 11.4. The summed E-state index contributed by atoms with van der Waals surface area (Å²) in [7, 11) is 0. The molecule has 0 aliphatic carbocycles. The molecule has 16 nitrogen and oxygen atoms in total. The zero-order chi connectivity index (χ0) is 74.0. The summed E-state index contributed by atoms with van der Waals surface area (Å²) in [5.41, 5.74) is 20.4. The topological polar surface area (TPSA) is 207 Å². The molecule has 0 saturated heterocycles. The molecule has 0 fully saturated rings. The van der Waals surface area contributed by atoms with Crippen molar-refractivity contribution in [3.8, 4) is 58.3 Å². The van der Waals surface area contributed by atoms with Gasteiger partial charge < -0.3 is 12.7 Å². The van der Waals surface area contributed by atoms with Gasteiger partial charge in [0.05, 0.1) is 100 Å². The van der Waals surface area contributed by atoms with Crippen LogP contribution in [0.4, 0.5) is 0 Å². The molecule has 1 aliphatic rings. The predicted molar refractivity (Wildman–Crippen MR) is 448 cm³/mol. The normalized spacial score (nSPS) is 10.6. The van der Waals surface area contributed by atoms with Gasteiger partial charge in [0.25, 0.3) is 0 Å². The number of pyridine rings is 11. The van der Waals surface area contributed by atoms with E-state index >= 15 is 0 Å². The number of rotatable bonds is 4. The Morgan fingerprint density at radius 1 is 0.301 bits per heavy atom. The Bertz CT molecular complexity index is 6160. The van der Waals surface area contributed by atoms with Gasteiger partial charge >= 0.3 is 19.5 Å². The zero-order valence-electron chi connectivity index (χ0n) is 60.5. The molecule has 13 aromatic heterocycles. The molecule has 0 unspecified atom stereocenters. The molecule has 0 saturated carbocycles. The summed E-state index contributed by atoms with van der Waals surface area (Å²) in [6.07, 6.45) is 30.6. The van der Waals surface area contributed by atoms with Crippen molar-refractivity contribution in [1.82, 2.24) is 74.8 Å². The van der Waals surface area contributed by atoms with Gasteiger partial charge in [-0.25, -0.2) is 19.9 Å². The first kappa shape index (κ1) is 82.5. The van der Waals surface area contributed by atoms with Crippen LogP contribution in [-0.2, 0) is 60.0 Å². The van der Waals surface area contributed by atoms with Crippen molar-refractivity contribution >= 4 is 109 Å². The minimum atomic E-state index is 0. The second kappa shape index (κ2) is 42.3. The van der Waals surface area contributed by atoms with Gasteiger partial charge in [-0.3, -0.25) is 54.8 Å². The second-order valence-corrected chi connectivity index (χ2v) is 24.6. The smallest absolute Gasteiger partial charge is 0.679 e. The van der Waals surface area contributed by atoms with Gasteiger partial charge in [0, 0.05) is 157 Å². The maximum Gasteiger partial charge on any atom is 1.00 e. The Kier molecular flexibility index (Phi) is 30.9. The number of nitrogens with zero attached hydrogens (tertiary/aromatic N) is 16. The molecule has 0 atom stereocenters. The summed E-state index contributed by atoms with van der Waals surface area (Å²) in [4.78, 5) is 67.1. The molecule has 113 heavy (non-hydrogen) atoms. The van der Waals surface area contributed by atoms with Crippen molar-refractivity contribution in [3.05, 3.63) is 399 Å². The Morgan fingerprint density at radius 2 is 0.611 bits per heavy atom. The van der Waals surface area contributed by atoms with E-state index < -0.39 is 0 Å². The van der Waals surface area contributed by atoms with Crippen molar-refractivity contribution in [3.63, 3.8) is 0 Å². The molecule has 0 amide bonds. The minimum absolute atomic E-state index is 0. The van der Waals surface area contributed by atoms with Gasteiger partial charge in [-0.1, -0.05) is 125 Å². The molecule has 14 heterocycles. The molecule has 19 aromatic rings. The van der Waals surface area contributed by atoms with Gasteiger partial charge in [0.1, 0.15) is 0 Å². The summed E-state index contributed by atoms with van der Waals surface area (Å²) < 4.78 is 0.989. The van der Waals surface area contributed by atoms with E-state index in [1.807, 2.05) is 291 Å². The van der Waals surface area contributed by atoms with E-state index in [1.165, 1.54) is 0 Å². The molecule has 20 heteroatoms. The van der Waals surface area contributed by atoms with Gasteiger partial charge in [-0.2, -0.15) is 0 Å². The average Bonchev–Trinajstić information content (AvgIpc) is 0.774. The molecule has 1 radical (unpaired) electrons. The third kappa shape index (κ3) is 21.5. The summed E-state index contributed by atoms with van der Waals surface area (Å²) in [5, 5.41) is 8.18. The Morgan fingerprint density at radius 3 is 0.938 bits per heavy atom.